The second-order valence-electron chi connectivity index (χ2n) is 6.71. The molecule has 1 aliphatic heterocycles. The van der Waals surface area contributed by atoms with Crippen LogP contribution in [0.1, 0.15) is 23.6 Å². The van der Waals surface area contributed by atoms with Crippen LogP contribution in [-0.2, 0) is 6.54 Å². The van der Waals surface area contributed by atoms with E-state index in [9.17, 15) is 0 Å². The molecule has 0 saturated carbocycles. The van der Waals surface area contributed by atoms with Gasteiger partial charge < -0.3 is 10.2 Å². The molecule has 3 aromatic rings. The first-order valence-electron chi connectivity index (χ1n) is 8.75. The first-order valence-corrected chi connectivity index (χ1v) is 8.75. The summed E-state index contributed by atoms with van der Waals surface area (Å²) in [5, 5.41) is 10.9. The van der Waals surface area contributed by atoms with Gasteiger partial charge in [-0.2, -0.15) is 5.10 Å². The van der Waals surface area contributed by atoms with Gasteiger partial charge in [-0.1, -0.05) is 30.3 Å². The summed E-state index contributed by atoms with van der Waals surface area (Å²) in [5.41, 5.74) is 4.83. The number of pyridine rings is 1. The van der Waals surface area contributed by atoms with Crippen LogP contribution in [0.25, 0.3) is 11.1 Å². The van der Waals surface area contributed by atoms with E-state index in [1.54, 1.807) is 0 Å². The fourth-order valence-electron chi connectivity index (χ4n) is 3.49. The molecule has 25 heavy (non-hydrogen) atoms. The standard InChI is InChI=1S/C20H23N5/c1-25-10-8-17(14-25)20-18(13-23-24-20)16-7-9-21-19(11-16)22-12-15-5-3-2-4-6-15/h2-7,9,11,13,17H,8,10,12,14H2,1H3,(H,21,22)(H,23,24). The molecular formula is C20H23N5. The van der Waals surface area contributed by atoms with Crippen LogP contribution in [0.5, 0.6) is 0 Å². The summed E-state index contributed by atoms with van der Waals surface area (Å²) in [6.07, 6.45) is 4.97. The van der Waals surface area contributed by atoms with Gasteiger partial charge in [-0.15, -0.1) is 0 Å². The molecule has 0 amide bonds. The van der Waals surface area contributed by atoms with E-state index < -0.39 is 0 Å². The molecule has 0 bridgehead atoms. The lowest BCUT2D eigenvalue weighted by Crippen LogP contribution is -2.13. The van der Waals surface area contributed by atoms with Crippen LogP contribution in [0.4, 0.5) is 5.82 Å². The van der Waals surface area contributed by atoms with E-state index in [0.29, 0.717) is 5.92 Å². The fraction of sp³-hybridized carbons (Fsp3) is 0.300. The van der Waals surface area contributed by atoms with Gasteiger partial charge in [0.1, 0.15) is 5.82 Å². The number of anilines is 1. The Hall–Kier alpha value is -2.66. The first kappa shape index (κ1) is 15.8. The van der Waals surface area contributed by atoms with Gasteiger partial charge in [0.25, 0.3) is 0 Å². The van der Waals surface area contributed by atoms with Crippen molar-refractivity contribution >= 4 is 5.82 Å². The van der Waals surface area contributed by atoms with Crippen LogP contribution in [0.2, 0.25) is 0 Å². The predicted octanol–water partition coefficient (Wildman–Crippen LogP) is 3.50. The average molecular weight is 333 g/mol. The Balaban J connectivity index is 1.53. The van der Waals surface area contributed by atoms with Crippen molar-refractivity contribution < 1.29 is 0 Å². The highest BCUT2D eigenvalue weighted by atomic mass is 15.1. The SMILES string of the molecule is CN1CCC(c2[nH]ncc2-c2ccnc(NCc3ccccc3)c2)C1. The van der Waals surface area contributed by atoms with Gasteiger partial charge in [0.15, 0.2) is 0 Å². The summed E-state index contributed by atoms with van der Waals surface area (Å²) in [6.45, 7) is 2.99. The monoisotopic (exact) mass is 333 g/mol. The molecule has 2 N–H and O–H groups in total. The number of aromatic nitrogens is 3. The molecule has 0 aliphatic carbocycles. The van der Waals surface area contributed by atoms with E-state index in [4.69, 9.17) is 0 Å². The van der Waals surface area contributed by atoms with Gasteiger partial charge in [-0.05, 0) is 43.3 Å². The van der Waals surface area contributed by atoms with Gasteiger partial charge in [0.05, 0.1) is 6.20 Å². The Bertz CT molecular complexity index is 827. The third kappa shape index (κ3) is 3.56. The van der Waals surface area contributed by atoms with E-state index >= 15 is 0 Å². The molecule has 4 rings (SSSR count). The van der Waals surface area contributed by atoms with Crippen molar-refractivity contribution in [3.05, 3.63) is 66.1 Å². The van der Waals surface area contributed by atoms with E-state index in [0.717, 1.165) is 31.0 Å². The van der Waals surface area contributed by atoms with Crippen LogP contribution >= 0.6 is 0 Å². The molecule has 3 heterocycles. The first-order chi connectivity index (χ1) is 12.3. The second kappa shape index (κ2) is 7.07. The number of likely N-dealkylation sites (N-methyl/N-ethyl adjacent to an activating group) is 1. The largest absolute Gasteiger partial charge is 0.366 e. The lowest BCUT2D eigenvalue weighted by molar-refractivity contribution is 0.411. The van der Waals surface area contributed by atoms with Crippen molar-refractivity contribution in [1.82, 2.24) is 20.1 Å². The van der Waals surface area contributed by atoms with Gasteiger partial charge in [0.2, 0.25) is 0 Å². The topological polar surface area (TPSA) is 56.8 Å². The zero-order valence-electron chi connectivity index (χ0n) is 14.4. The highest BCUT2D eigenvalue weighted by Crippen LogP contribution is 2.33. The summed E-state index contributed by atoms with van der Waals surface area (Å²) in [5.74, 6) is 1.41. The Morgan fingerprint density at radius 3 is 2.92 bits per heavy atom. The highest BCUT2D eigenvalue weighted by molar-refractivity contribution is 5.68. The second-order valence-corrected chi connectivity index (χ2v) is 6.71. The predicted molar refractivity (Wildman–Crippen MR) is 100 cm³/mol. The number of H-pyrrole nitrogens is 1. The number of aromatic amines is 1. The maximum absolute atomic E-state index is 4.45. The number of rotatable bonds is 5. The molecular weight excluding hydrogens is 310 g/mol. The van der Waals surface area contributed by atoms with Crippen molar-refractivity contribution in [2.45, 2.75) is 18.9 Å². The number of nitrogens with zero attached hydrogens (tertiary/aromatic N) is 3. The third-order valence-corrected chi connectivity index (χ3v) is 4.86. The zero-order chi connectivity index (χ0) is 17.1. The number of likely N-dealkylation sites (tertiary alicyclic amines) is 1. The van der Waals surface area contributed by atoms with Crippen LogP contribution in [-0.4, -0.2) is 40.2 Å². The molecule has 5 heteroatoms. The molecule has 2 aromatic heterocycles. The number of hydrogen-bond acceptors (Lipinski definition) is 4. The Morgan fingerprint density at radius 1 is 1.24 bits per heavy atom. The minimum atomic E-state index is 0.524. The molecule has 1 aliphatic rings. The molecule has 1 aromatic carbocycles. The molecule has 1 unspecified atom stereocenters. The maximum Gasteiger partial charge on any atom is 0.126 e. The van der Waals surface area contributed by atoms with E-state index in [2.05, 4.69) is 68.8 Å². The normalized spacial score (nSPS) is 17.7. The van der Waals surface area contributed by atoms with Gasteiger partial charge in [-0.25, -0.2) is 4.98 Å². The summed E-state index contributed by atoms with van der Waals surface area (Å²) < 4.78 is 0. The Morgan fingerprint density at radius 2 is 2.12 bits per heavy atom. The quantitative estimate of drug-likeness (QED) is 0.750. The molecule has 128 valence electrons. The third-order valence-electron chi connectivity index (χ3n) is 4.86. The summed E-state index contributed by atoms with van der Waals surface area (Å²) in [6, 6.07) is 14.5. The van der Waals surface area contributed by atoms with Gasteiger partial charge >= 0.3 is 0 Å². The number of hydrogen-bond donors (Lipinski definition) is 2. The van der Waals surface area contributed by atoms with Crippen LogP contribution in [0, 0.1) is 0 Å². The molecule has 1 fully saturated rings. The lowest BCUT2D eigenvalue weighted by Gasteiger charge is -2.12. The minimum absolute atomic E-state index is 0.524. The Kier molecular flexibility index (Phi) is 4.48. The molecule has 0 radical (unpaired) electrons. The van der Waals surface area contributed by atoms with E-state index in [1.807, 2.05) is 18.5 Å². The van der Waals surface area contributed by atoms with Crippen LogP contribution in [0.15, 0.2) is 54.9 Å². The molecule has 1 saturated heterocycles. The highest BCUT2D eigenvalue weighted by Gasteiger charge is 2.25. The summed E-state index contributed by atoms with van der Waals surface area (Å²) >= 11 is 0. The lowest BCUT2D eigenvalue weighted by atomic mass is 9.97. The van der Waals surface area contributed by atoms with Crippen LogP contribution < -0.4 is 5.32 Å². The zero-order valence-corrected chi connectivity index (χ0v) is 14.4. The van der Waals surface area contributed by atoms with Gasteiger partial charge in [0, 0.05) is 36.5 Å². The van der Waals surface area contributed by atoms with E-state index in [-0.39, 0.29) is 0 Å². The molecule has 5 nitrogen and oxygen atoms in total. The van der Waals surface area contributed by atoms with E-state index in [1.165, 1.54) is 23.2 Å². The Labute approximate surface area is 148 Å². The average Bonchev–Trinajstić information content (AvgIpc) is 3.30. The van der Waals surface area contributed by atoms with Crippen molar-refractivity contribution in [3.8, 4) is 11.1 Å². The van der Waals surface area contributed by atoms with Crippen molar-refractivity contribution in [3.63, 3.8) is 0 Å². The van der Waals surface area contributed by atoms with Crippen molar-refractivity contribution in [1.29, 1.82) is 0 Å². The van der Waals surface area contributed by atoms with Crippen molar-refractivity contribution in [2.75, 3.05) is 25.5 Å². The number of benzene rings is 1. The fourth-order valence-corrected chi connectivity index (χ4v) is 3.49. The number of nitrogens with one attached hydrogen (secondary N) is 2. The maximum atomic E-state index is 4.45. The van der Waals surface area contributed by atoms with Gasteiger partial charge in [-0.3, -0.25) is 5.10 Å². The van der Waals surface area contributed by atoms with Crippen molar-refractivity contribution in [2.24, 2.45) is 0 Å². The summed E-state index contributed by atoms with van der Waals surface area (Å²) in [7, 11) is 2.17. The smallest absolute Gasteiger partial charge is 0.126 e. The molecule has 1 atom stereocenters. The molecule has 0 spiro atoms. The van der Waals surface area contributed by atoms with Crippen LogP contribution in [0.3, 0.4) is 0 Å². The summed E-state index contributed by atoms with van der Waals surface area (Å²) in [4.78, 5) is 6.82. The minimum Gasteiger partial charge on any atom is -0.366 e.